The Kier molecular flexibility index (Phi) is 5.18. The number of aryl methyl sites for hydroxylation is 1. The van der Waals surface area contributed by atoms with Gasteiger partial charge < -0.3 is 19.3 Å². The smallest absolute Gasteiger partial charge is 0.255 e. The van der Waals surface area contributed by atoms with Crippen molar-refractivity contribution < 1.29 is 14.3 Å². The third-order valence-corrected chi connectivity index (χ3v) is 4.70. The van der Waals surface area contributed by atoms with Crippen LogP contribution in [0.15, 0.2) is 18.3 Å². The molecule has 0 unspecified atom stereocenters. The number of carbonyl (C=O) groups excluding carboxylic acids is 1. The van der Waals surface area contributed by atoms with Crippen LogP contribution < -0.4 is 0 Å². The molecule has 2 aliphatic rings. The molecule has 6 nitrogen and oxygen atoms in total. The van der Waals surface area contributed by atoms with Gasteiger partial charge in [0.25, 0.3) is 5.91 Å². The predicted octanol–water partition coefficient (Wildman–Crippen LogP) is 1.34. The largest absolute Gasteiger partial charge is 0.377 e. The van der Waals surface area contributed by atoms with Gasteiger partial charge in [-0.05, 0) is 46.0 Å². The van der Waals surface area contributed by atoms with Crippen molar-refractivity contribution in [2.75, 3.05) is 46.9 Å². The van der Waals surface area contributed by atoms with Gasteiger partial charge in [-0.3, -0.25) is 9.78 Å². The second-order valence-corrected chi connectivity index (χ2v) is 7.19. The van der Waals surface area contributed by atoms with Gasteiger partial charge in [0, 0.05) is 25.0 Å². The number of amides is 1. The maximum atomic E-state index is 12.8. The van der Waals surface area contributed by atoms with E-state index >= 15 is 0 Å². The number of hydrogen-bond donors (Lipinski definition) is 0. The molecule has 132 valence electrons. The summed E-state index contributed by atoms with van der Waals surface area (Å²) in [6, 6.07) is 3.71. The highest BCUT2D eigenvalue weighted by atomic mass is 16.6. The summed E-state index contributed by atoms with van der Waals surface area (Å²) >= 11 is 0. The van der Waals surface area contributed by atoms with Crippen LogP contribution in [-0.4, -0.2) is 79.3 Å². The van der Waals surface area contributed by atoms with Crippen LogP contribution >= 0.6 is 0 Å². The molecule has 1 spiro atoms. The highest BCUT2D eigenvalue weighted by molar-refractivity contribution is 5.94. The van der Waals surface area contributed by atoms with Crippen molar-refractivity contribution in [1.29, 1.82) is 0 Å². The Balaban J connectivity index is 1.71. The van der Waals surface area contributed by atoms with E-state index in [0.29, 0.717) is 31.9 Å². The van der Waals surface area contributed by atoms with E-state index < -0.39 is 0 Å². The molecule has 0 aliphatic carbocycles. The summed E-state index contributed by atoms with van der Waals surface area (Å²) in [5.74, 6) is 0.00651. The molecule has 6 heteroatoms. The molecule has 3 heterocycles. The quantitative estimate of drug-likeness (QED) is 0.836. The van der Waals surface area contributed by atoms with Crippen molar-refractivity contribution in [3.8, 4) is 0 Å². The number of carbonyl (C=O) groups is 1. The van der Waals surface area contributed by atoms with E-state index in [0.717, 1.165) is 25.1 Å². The third kappa shape index (κ3) is 3.94. The Bertz CT molecular complexity index is 575. The standard InChI is InChI=1S/C18H27N3O3/c1-14-4-5-15(10-19-14)17(22)21-8-9-23-13-18(12-21)7-6-16(24-18)11-20(2)3/h4-5,10,16H,6-9,11-13H2,1-3H3/t16-,18-/m1/s1. The molecule has 1 amide bonds. The molecule has 0 saturated carbocycles. The van der Waals surface area contributed by atoms with Crippen molar-refractivity contribution in [2.45, 2.75) is 31.5 Å². The third-order valence-electron chi connectivity index (χ3n) is 4.70. The summed E-state index contributed by atoms with van der Waals surface area (Å²) in [6.45, 7) is 5.11. The van der Waals surface area contributed by atoms with Gasteiger partial charge in [-0.2, -0.15) is 0 Å². The Labute approximate surface area is 143 Å². The van der Waals surface area contributed by atoms with E-state index in [2.05, 4.69) is 24.0 Å². The van der Waals surface area contributed by atoms with Gasteiger partial charge in [-0.1, -0.05) is 0 Å². The van der Waals surface area contributed by atoms with E-state index in [1.165, 1.54) is 0 Å². The minimum Gasteiger partial charge on any atom is -0.377 e. The molecule has 2 saturated heterocycles. The predicted molar refractivity (Wildman–Crippen MR) is 91.1 cm³/mol. The molecule has 3 rings (SSSR count). The van der Waals surface area contributed by atoms with E-state index in [4.69, 9.17) is 9.47 Å². The summed E-state index contributed by atoms with van der Waals surface area (Å²) in [4.78, 5) is 21.1. The van der Waals surface area contributed by atoms with E-state index in [1.807, 2.05) is 24.0 Å². The van der Waals surface area contributed by atoms with Crippen LogP contribution in [0.5, 0.6) is 0 Å². The van der Waals surface area contributed by atoms with Crippen LogP contribution in [0.4, 0.5) is 0 Å². The van der Waals surface area contributed by atoms with Crippen LogP contribution in [0.1, 0.15) is 28.9 Å². The van der Waals surface area contributed by atoms with Gasteiger partial charge in [-0.25, -0.2) is 0 Å². The minimum absolute atomic E-state index is 0.00651. The van der Waals surface area contributed by atoms with Crippen LogP contribution in [0.25, 0.3) is 0 Å². The second-order valence-electron chi connectivity index (χ2n) is 7.19. The summed E-state index contributed by atoms with van der Waals surface area (Å²) in [7, 11) is 4.11. The highest BCUT2D eigenvalue weighted by Crippen LogP contribution is 2.33. The van der Waals surface area contributed by atoms with E-state index in [1.54, 1.807) is 6.20 Å². The Morgan fingerprint density at radius 3 is 3.00 bits per heavy atom. The first-order valence-electron chi connectivity index (χ1n) is 8.60. The fourth-order valence-electron chi connectivity index (χ4n) is 3.51. The lowest BCUT2D eigenvalue weighted by Crippen LogP contribution is -2.47. The summed E-state index contributed by atoms with van der Waals surface area (Å²) in [5.41, 5.74) is 1.17. The lowest BCUT2D eigenvalue weighted by Gasteiger charge is -2.32. The lowest BCUT2D eigenvalue weighted by atomic mass is 9.99. The number of rotatable bonds is 3. The zero-order valence-corrected chi connectivity index (χ0v) is 14.8. The average molecular weight is 333 g/mol. The molecular formula is C18H27N3O3. The van der Waals surface area contributed by atoms with Crippen molar-refractivity contribution in [3.63, 3.8) is 0 Å². The van der Waals surface area contributed by atoms with Gasteiger partial charge in [0.15, 0.2) is 0 Å². The monoisotopic (exact) mass is 333 g/mol. The van der Waals surface area contributed by atoms with Gasteiger partial charge in [0.1, 0.15) is 5.60 Å². The molecule has 0 N–H and O–H groups in total. The first kappa shape index (κ1) is 17.3. The number of nitrogens with zero attached hydrogens (tertiary/aromatic N) is 3. The van der Waals surface area contributed by atoms with Crippen molar-refractivity contribution in [3.05, 3.63) is 29.6 Å². The molecule has 1 aromatic heterocycles. The maximum Gasteiger partial charge on any atom is 0.255 e. The van der Waals surface area contributed by atoms with E-state index in [-0.39, 0.29) is 17.6 Å². The van der Waals surface area contributed by atoms with Gasteiger partial charge >= 0.3 is 0 Å². The highest BCUT2D eigenvalue weighted by Gasteiger charge is 2.44. The first-order chi connectivity index (χ1) is 11.5. The SMILES string of the molecule is Cc1ccc(C(=O)N2CCOC[C@@]3(CC[C@H](CN(C)C)O3)C2)cn1. The zero-order valence-electron chi connectivity index (χ0n) is 14.8. The molecule has 2 atom stereocenters. The fraction of sp³-hybridized carbons (Fsp3) is 0.667. The summed E-state index contributed by atoms with van der Waals surface area (Å²) < 4.78 is 12.1. The van der Waals surface area contributed by atoms with Crippen LogP contribution in [0, 0.1) is 6.92 Å². The number of hydrogen-bond acceptors (Lipinski definition) is 5. The molecule has 2 fully saturated rings. The molecule has 24 heavy (non-hydrogen) atoms. The lowest BCUT2D eigenvalue weighted by molar-refractivity contribution is -0.0878. The van der Waals surface area contributed by atoms with Crippen LogP contribution in [0.2, 0.25) is 0 Å². The second kappa shape index (κ2) is 7.17. The summed E-state index contributed by atoms with van der Waals surface area (Å²) in [5, 5.41) is 0. The van der Waals surface area contributed by atoms with Gasteiger partial charge in [-0.15, -0.1) is 0 Å². The Hall–Kier alpha value is -1.50. The van der Waals surface area contributed by atoms with Crippen LogP contribution in [-0.2, 0) is 9.47 Å². The van der Waals surface area contributed by atoms with Crippen molar-refractivity contribution in [2.24, 2.45) is 0 Å². The molecule has 2 aliphatic heterocycles. The zero-order chi connectivity index (χ0) is 17.2. The average Bonchev–Trinajstić information content (AvgIpc) is 2.79. The fourth-order valence-corrected chi connectivity index (χ4v) is 3.51. The molecule has 0 aromatic carbocycles. The topological polar surface area (TPSA) is 54.9 Å². The van der Waals surface area contributed by atoms with Crippen molar-refractivity contribution >= 4 is 5.91 Å². The summed E-state index contributed by atoms with van der Waals surface area (Å²) in [6.07, 6.45) is 3.80. The first-order valence-corrected chi connectivity index (χ1v) is 8.60. The van der Waals surface area contributed by atoms with Gasteiger partial charge in [0.2, 0.25) is 0 Å². The Morgan fingerprint density at radius 2 is 2.29 bits per heavy atom. The Morgan fingerprint density at radius 1 is 1.46 bits per heavy atom. The van der Waals surface area contributed by atoms with Crippen molar-refractivity contribution in [1.82, 2.24) is 14.8 Å². The number of likely N-dealkylation sites (N-methyl/N-ethyl adjacent to an activating group) is 1. The number of pyridine rings is 1. The maximum absolute atomic E-state index is 12.8. The molecule has 1 aromatic rings. The normalized spacial score (nSPS) is 27.7. The number of ether oxygens (including phenoxy) is 2. The molecule has 0 bridgehead atoms. The van der Waals surface area contributed by atoms with E-state index in [9.17, 15) is 4.79 Å². The van der Waals surface area contributed by atoms with Gasteiger partial charge in [0.05, 0.1) is 31.4 Å². The van der Waals surface area contributed by atoms with Crippen LogP contribution in [0.3, 0.4) is 0 Å². The molecular weight excluding hydrogens is 306 g/mol. The minimum atomic E-state index is -0.370. The number of aromatic nitrogens is 1. The molecule has 0 radical (unpaired) electrons.